The molecule has 0 aliphatic heterocycles. The fourth-order valence-corrected chi connectivity index (χ4v) is 2.54. The summed E-state index contributed by atoms with van der Waals surface area (Å²) in [5, 5.41) is 21.6. The van der Waals surface area contributed by atoms with E-state index < -0.39 is 0 Å². The van der Waals surface area contributed by atoms with Crippen LogP contribution in [0.2, 0.25) is 5.02 Å². The number of pyridine rings is 1. The summed E-state index contributed by atoms with van der Waals surface area (Å²) in [5.41, 5.74) is 6.59. The highest BCUT2D eigenvalue weighted by Crippen LogP contribution is 2.24. The molecule has 0 radical (unpaired) electrons. The van der Waals surface area contributed by atoms with E-state index in [0.29, 0.717) is 15.7 Å². The maximum atomic E-state index is 11.9. The third-order valence-electron chi connectivity index (χ3n) is 2.73. The number of nitrogen functional groups attached to an aromatic ring is 1. The quantitative estimate of drug-likeness (QED) is 0.824. The van der Waals surface area contributed by atoms with Gasteiger partial charge in [-0.3, -0.25) is 4.79 Å². The van der Waals surface area contributed by atoms with Crippen molar-refractivity contribution >= 4 is 40.8 Å². The summed E-state index contributed by atoms with van der Waals surface area (Å²) in [6.07, 6.45) is 0. The Kier molecular flexibility index (Phi) is 5.42. The number of hydrogen-bond donors (Lipinski definition) is 2. The van der Waals surface area contributed by atoms with E-state index in [1.165, 1.54) is 6.07 Å². The molecule has 0 spiro atoms. The normalized spacial score (nSPS) is 9.70. The van der Waals surface area contributed by atoms with Crippen LogP contribution in [0.4, 0.5) is 11.5 Å². The molecule has 1 heterocycles. The number of benzene rings is 1. The average molecular weight is 344 g/mol. The third kappa shape index (κ3) is 4.36. The zero-order chi connectivity index (χ0) is 16.8. The van der Waals surface area contributed by atoms with E-state index >= 15 is 0 Å². The zero-order valence-corrected chi connectivity index (χ0v) is 13.3. The van der Waals surface area contributed by atoms with Crippen LogP contribution < -0.4 is 11.1 Å². The summed E-state index contributed by atoms with van der Waals surface area (Å²) in [5.74, 6) is -0.173. The van der Waals surface area contributed by atoms with Gasteiger partial charge in [-0.25, -0.2) is 4.98 Å². The Hall–Kier alpha value is -2.74. The van der Waals surface area contributed by atoms with Gasteiger partial charge in [-0.1, -0.05) is 23.4 Å². The molecular weight excluding hydrogens is 334 g/mol. The van der Waals surface area contributed by atoms with Gasteiger partial charge in [0.15, 0.2) is 0 Å². The molecule has 0 saturated carbocycles. The van der Waals surface area contributed by atoms with Gasteiger partial charge in [0.05, 0.1) is 16.9 Å². The lowest BCUT2D eigenvalue weighted by Crippen LogP contribution is -2.14. The maximum absolute atomic E-state index is 11.9. The molecule has 2 aromatic rings. The Bertz CT molecular complexity index is 823. The minimum absolute atomic E-state index is 0.0344. The molecule has 6 nitrogen and oxygen atoms in total. The van der Waals surface area contributed by atoms with Crippen molar-refractivity contribution in [3.63, 3.8) is 0 Å². The van der Waals surface area contributed by atoms with Crippen LogP contribution in [0.25, 0.3) is 0 Å². The molecule has 0 saturated heterocycles. The maximum Gasteiger partial charge on any atom is 0.234 e. The minimum atomic E-state index is -0.258. The van der Waals surface area contributed by atoms with Crippen molar-refractivity contribution in [2.45, 2.75) is 5.03 Å². The molecule has 0 unspecified atom stereocenters. The second-order valence-corrected chi connectivity index (χ2v) is 5.74. The number of carbonyl (C=O) groups excluding carboxylic acids is 1. The minimum Gasteiger partial charge on any atom is -0.383 e. The van der Waals surface area contributed by atoms with Crippen molar-refractivity contribution in [3.8, 4) is 12.1 Å². The fourth-order valence-electron chi connectivity index (χ4n) is 1.65. The van der Waals surface area contributed by atoms with Gasteiger partial charge >= 0.3 is 0 Å². The summed E-state index contributed by atoms with van der Waals surface area (Å²) in [6, 6.07) is 11.9. The van der Waals surface area contributed by atoms with Gasteiger partial charge in [0.1, 0.15) is 23.0 Å². The summed E-state index contributed by atoms with van der Waals surface area (Å²) in [4.78, 5) is 15.9. The number of nitriles is 2. The van der Waals surface area contributed by atoms with Crippen LogP contribution in [0.5, 0.6) is 0 Å². The third-order valence-corrected chi connectivity index (χ3v) is 3.97. The standard InChI is InChI=1S/C15H10ClN5OS/c16-11-1-3-12(4-2-11)20-13(22)8-23-15-10(7-18)5-9(6-17)14(19)21-15/h1-5H,8H2,(H2,19,21)(H,20,22). The number of nitrogens with one attached hydrogen (secondary N) is 1. The van der Waals surface area contributed by atoms with Gasteiger partial charge in [0.2, 0.25) is 5.91 Å². The molecular formula is C15H10ClN5OS. The first-order valence-electron chi connectivity index (χ1n) is 6.32. The fraction of sp³-hybridized carbons (Fsp3) is 0.0667. The number of nitrogens with zero attached hydrogens (tertiary/aromatic N) is 3. The van der Waals surface area contributed by atoms with Crippen LogP contribution in [0, 0.1) is 22.7 Å². The van der Waals surface area contributed by atoms with E-state index in [4.69, 9.17) is 27.9 Å². The molecule has 0 aliphatic rings. The predicted molar refractivity (Wildman–Crippen MR) is 88.9 cm³/mol. The number of carbonyl (C=O) groups is 1. The van der Waals surface area contributed by atoms with Gasteiger partial charge in [-0.05, 0) is 30.3 Å². The number of anilines is 2. The monoisotopic (exact) mass is 343 g/mol. The topological polar surface area (TPSA) is 116 Å². The summed E-state index contributed by atoms with van der Waals surface area (Å²) < 4.78 is 0. The molecule has 1 aromatic heterocycles. The van der Waals surface area contributed by atoms with E-state index in [-0.39, 0.29) is 28.6 Å². The number of thioether (sulfide) groups is 1. The van der Waals surface area contributed by atoms with Crippen LogP contribution in [0.15, 0.2) is 35.4 Å². The average Bonchev–Trinajstić information content (AvgIpc) is 2.55. The van der Waals surface area contributed by atoms with Gasteiger partial charge < -0.3 is 11.1 Å². The predicted octanol–water partition coefficient (Wildman–Crippen LogP) is 2.79. The zero-order valence-electron chi connectivity index (χ0n) is 11.7. The summed E-state index contributed by atoms with van der Waals surface area (Å²) >= 11 is 6.85. The molecule has 8 heteroatoms. The van der Waals surface area contributed by atoms with Crippen LogP contribution in [-0.2, 0) is 4.79 Å². The molecule has 0 atom stereocenters. The van der Waals surface area contributed by atoms with Crippen molar-refractivity contribution in [1.82, 2.24) is 4.98 Å². The number of hydrogen-bond acceptors (Lipinski definition) is 6. The van der Waals surface area contributed by atoms with Gasteiger partial charge in [-0.2, -0.15) is 10.5 Å². The second kappa shape index (κ2) is 7.50. The molecule has 3 N–H and O–H groups in total. The lowest BCUT2D eigenvalue weighted by atomic mass is 10.2. The Morgan fingerprint density at radius 3 is 2.52 bits per heavy atom. The molecule has 0 fully saturated rings. The molecule has 0 aliphatic carbocycles. The molecule has 23 heavy (non-hydrogen) atoms. The van der Waals surface area contributed by atoms with Crippen LogP contribution in [0.1, 0.15) is 11.1 Å². The second-order valence-electron chi connectivity index (χ2n) is 4.34. The Labute approximate surface area is 141 Å². The highest BCUT2D eigenvalue weighted by Gasteiger charge is 2.12. The molecule has 0 bridgehead atoms. The van der Waals surface area contributed by atoms with Gasteiger partial charge in [0.25, 0.3) is 0 Å². The van der Waals surface area contributed by atoms with E-state index in [0.717, 1.165) is 11.8 Å². The Morgan fingerprint density at radius 2 is 1.91 bits per heavy atom. The lowest BCUT2D eigenvalue weighted by Gasteiger charge is -2.07. The largest absolute Gasteiger partial charge is 0.383 e. The SMILES string of the molecule is N#Cc1cc(C#N)c(SCC(=O)Nc2ccc(Cl)cc2)nc1N. The van der Waals surface area contributed by atoms with Crippen molar-refractivity contribution in [3.05, 3.63) is 46.5 Å². The van der Waals surface area contributed by atoms with E-state index in [1.54, 1.807) is 24.3 Å². The first-order chi connectivity index (χ1) is 11.0. The molecule has 114 valence electrons. The number of nitrogens with two attached hydrogens (primary N) is 1. The van der Waals surface area contributed by atoms with E-state index in [9.17, 15) is 4.79 Å². The molecule has 2 rings (SSSR count). The Balaban J connectivity index is 2.04. The first-order valence-corrected chi connectivity index (χ1v) is 7.68. The van der Waals surface area contributed by atoms with Crippen LogP contribution >= 0.6 is 23.4 Å². The number of rotatable bonds is 4. The van der Waals surface area contributed by atoms with Crippen molar-refractivity contribution in [2.75, 3.05) is 16.8 Å². The smallest absolute Gasteiger partial charge is 0.234 e. The summed E-state index contributed by atoms with van der Waals surface area (Å²) in [7, 11) is 0. The molecule has 1 aromatic carbocycles. The highest BCUT2D eigenvalue weighted by molar-refractivity contribution is 8.00. The van der Waals surface area contributed by atoms with E-state index in [2.05, 4.69) is 10.3 Å². The van der Waals surface area contributed by atoms with Gasteiger partial charge in [0, 0.05) is 10.7 Å². The number of aromatic nitrogens is 1. The number of amides is 1. The van der Waals surface area contributed by atoms with Crippen molar-refractivity contribution < 1.29 is 4.79 Å². The van der Waals surface area contributed by atoms with E-state index in [1.807, 2.05) is 12.1 Å². The molecule has 1 amide bonds. The van der Waals surface area contributed by atoms with Gasteiger partial charge in [-0.15, -0.1) is 0 Å². The van der Waals surface area contributed by atoms with Crippen LogP contribution in [-0.4, -0.2) is 16.6 Å². The van der Waals surface area contributed by atoms with Crippen molar-refractivity contribution in [1.29, 1.82) is 10.5 Å². The first kappa shape index (κ1) is 16.6. The Morgan fingerprint density at radius 1 is 1.26 bits per heavy atom. The van der Waals surface area contributed by atoms with Crippen LogP contribution in [0.3, 0.4) is 0 Å². The summed E-state index contributed by atoms with van der Waals surface area (Å²) in [6.45, 7) is 0. The van der Waals surface area contributed by atoms with Crippen molar-refractivity contribution in [2.24, 2.45) is 0 Å². The lowest BCUT2D eigenvalue weighted by molar-refractivity contribution is -0.113. The number of halogens is 1. The highest BCUT2D eigenvalue weighted by atomic mass is 35.5.